The molecule has 0 aliphatic rings. The lowest BCUT2D eigenvalue weighted by Crippen LogP contribution is -2.47. The summed E-state index contributed by atoms with van der Waals surface area (Å²) in [5, 5.41) is 16.2. The van der Waals surface area contributed by atoms with Crippen molar-refractivity contribution in [3.8, 4) is 5.75 Å². The van der Waals surface area contributed by atoms with E-state index in [4.69, 9.17) is 20.8 Å². The number of halogens is 1. The van der Waals surface area contributed by atoms with Gasteiger partial charge in [-0.1, -0.05) is 17.7 Å². The number of nitrogens with one attached hydrogen (secondary N) is 2. The molecule has 9 nitrogen and oxygen atoms in total. The number of nitrogens with zero attached hydrogens (tertiary/aromatic N) is 1. The van der Waals surface area contributed by atoms with Crippen LogP contribution in [-0.2, 0) is 9.59 Å². The van der Waals surface area contributed by atoms with Gasteiger partial charge in [-0.2, -0.15) is 0 Å². The van der Waals surface area contributed by atoms with Crippen LogP contribution in [0.15, 0.2) is 63.9 Å². The van der Waals surface area contributed by atoms with E-state index in [2.05, 4.69) is 15.6 Å². The Morgan fingerprint density at radius 1 is 1.21 bits per heavy atom. The van der Waals surface area contributed by atoms with Crippen LogP contribution in [-0.4, -0.2) is 41.2 Å². The number of carbonyl (C=O) groups excluding carboxylic acids is 2. The third-order valence-corrected chi connectivity index (χ3v) is 5.58. The lowest BCUT2D eigenvalue weighted by molar-refractivity contribution is -0.128. The molecule has 0 spiro atoms. The van der Waals surface area contributed by atoms with Crippen LogP contribution in [0.5, 0.6) is 5.75 Å². The summed E-state index contributed by atoms with van der Waals surface area (Å²) >= 11 is 5.92. The quantitative estimate of drug-likeness (QED) is 0.346. The number of aromatic nitrogens is 1. The van der Waals surface area contributed by atoms with Crippen molar-refractivity contribution in [3.05, 3.63) is 75.7 Å². The maximum atomic E-state index is 12.5. The fraction of sp³-hybridized carbons (Fsp3) is 0.167. The summed E-state index contributed by atoms with van der Waals surface area (Å²) < 4.78 is 10.6. The summed E-state index contributed by atoms with van der Waals surface area (Å²) in [5.74, 6) is -0.924. The van der Waals surface area contributed by atoms with Gasteiger partial charge >= 0.3 is 5.63 Å². The van der Waals surface area contributed by atoms with E-state index in [9.17, 15) is 19.5 Å². The van der Waals surface area contributed by atoms with Gasteiger partial charge in [-0.05, 0) is 48.9 Å². The Labute approximate surface area is 198 Å². The van der Waals surface area contributed by atoms with E-state index >= 15 is 0 Å². The van der Waals surface area contributed by atoms with E-state index in [0.717, 1.165) is 10.9 Å². The van der Waals surface area contributed by atoms with E-state index in [1.165, 1.54) is 6.07 Å². The highest BCUT2D eigenvalue weighted by Gasteiger charge is 2.20. The SMILES string of the molecule is Cc1c(Cl)c(=O)oc2cc(OCC(=O)NC(CO)C(=O)Nc3ccc4ncccc4c3)ccc12. The molecule has 2 heterocycles. The standard InChI is InChI=1S/C24H20ClN3O6/c1-13-17-6-5-16(10-20(17)34-24(32)22(13)25)33-12-21(30)28-19(11-29)23(31)27-15-4-7-18-14(9-15)3-2-8-26-18/h2-10,19,29H,11-12H2,1H3,(H,27,31)(H,28,30). The molecule has 3 N–H and O–H groups in total. The van der Waals surface area contributed by atoms with Crippen LogP contribution in [0.4, 0.5) is 5.69 Å². The number of carbonyl (C=O) groups is 2. The zero-order valence-corrected chi connectivity index (χ0v) is 18.8. The van der Waals surface area contributed by atoms with Crippen molar-refractivity contribution in [1.29, 1.82) is 0 Å². The van der Waals surface area contributed by atoms with Gasteiger partial charge in [0.05, 0.1) is 12.1 Å². The van der Waals surface area contributed by atoms with E-state index < -0.39 is 36.7 Å². The van der Waals surface area contributed by atoms with Crippen LogP contribution in [0.2, 0.25) is 5.02 Å². The lowest BCUT2D eigenvalue weighted by atomic mass is 10.1. The third-order valence-electron chi connectivity index (χ3n) is 5.14. The minimum absolute atomic E-state index is 0.00854. The molecule has 2 aromatic carbocycles. The molecule has 0 aliphatic carbocycles. The molecule has 0 saturated heterocycles. The minimum Gasteiger partial charge on any atom is -0.484 e. The number of benzene rings is 2. The zero-order valence-electron chi connectivity index (χ0n) is 18.0. The van der Waals surface area contributed by atoms with Crippen molar-refractivity contribution >= 4 is 51.0 Å². The number of aliphatic hydroxyl groups excluding tert-OH is 1. The Hall–Kier alpha value is -3.95. The molecule has 10 heteroatoms. The van der Waals surface area contributed by atoms with Crippen LogP contribution >= 0.6 is 11.6 Å². The van der Waals surface area contributed by atoms with Crippen molar-refractivity contribution in [2.75, 3.05) is 18.5 Å². The number of hydrogen-bond donors (Lipinski definition) is 3. The van der Waals surface area contributed by atoms with Gasteiger partial charge in [-0.15, -0.1) is 0 Å². The first-order chi connectivity index (χ1) is 16.4. The molecule has 0 fully saturated rings. The molecule has 2 amide bonds. The molecule has 0 radical (unpaired) electrons. The highest BCUT2D eigenvalue weighted by atomic mass is 35.5. The van der Waals surface area contributed by atoms with Gasteiger partial charge in [-0.3, -0.25) is 14.6 Å². The van der Waals surface area contributed by atoms with Crippen LogP contribution in [0.1, 0.15) is 5.56 Å². The van der Waals surface area contributed by atoms with Crippen LogP contribution in [0, 0.1) is 6.92 Å². The van der Waals surface area contributed by atoms with Crippen molar-refractivity contribution in [2.45, 2.75) is 13.0 Å². The highest BCUT2D eigenvalue weighted by molar-refractivity contribution is 6.31. The third kappa shape index (κ3) is 5.00. The molecule has 174 valence electrons. The summed E-state index contributed by atoms with van der Waals surface area (Å²) in [7, 11) is 0. The van der Waals surface area contributed by atoms with E-state index in [-0.39, 0.29) is 16.4 Å². The molecular formula is C24H20ClN3O6. The molecule has 1 atom stereocenters. The second kappa shape index (κ2) is 9.90. The van der Waals surface area contributed by atoms with E-state index in [0.29, 0.717) is 16.6 Å². The summed E-state index contributed by atoms with van der Waals surface area (Å²) in [4.78, 5) is 40.8. The van der Waals surface area contributed by atoms with Crippen molar-refractivity contribution in [1.82, 2.24) is 10.3 Å². The fourth-order valence-corrected chi connectivity index (χ4v) is 3.50. The Balaban J connectivity index is 1.37. The maximum Gasteiger partial charge on any atom is 0.355 e. The van der Waals surface area contributed by atoms with Gasteiger partial charge in [0, 0.05) is 28.7 Å². The van der Waals surface area contributed by atoms with Crippen molar-refractivity contribution in [2.24, 2.45) is 0 Å². The number of anilines is 1. The molecule has 4 aromatic rings. The monoisotopic (exact) mass is 481 g/mol. The van der Waals surface area contributed by atoms with Crippen molar-refractivity contribution in [3.63, 3.8) is 0 Å². The summed E-state index contributed by atoms with van der Waals surface area (Å²) in [6, 6.07) is 12.4. The number of amides is 2. The highest BCUT2D eigenvalue weighted by Crippen LogP contribution is 2.26. The molecule has 0 saturated carbocycles. The van der Waals surface area contributed by atoms with Crippen LogP contribution in [0.3, 0.4) is 0 Å². The number of aryl methyl sites for hydroxylation is 1. The van der Waals surface area contributed by atoms with Crippen LogP contribution in [0.25, 0.3) is 21.9 Å². The average molecular weight is 482 g/mol. The van der Waals surface area contributed by atoms with Crippen LogP contribution < -0.4 is 21.0 Å². The number of hydrogen-bond acceptors (Lipinski definition) is 7. The van der Waals surface area contributed by atoms with E-state index in [1.54, 1.807) is 49.5 Å². The second-order valence-electron chi connectivity index (χ2n) is 7.48. The average Bonchev–Trinajstić information content (AvgIpc) is 2.84. The van der Waals surface area contributed by atoms with E-state index in [1.807, 2.05) is 6.07 Å². The predicted molar refractivity (Wildman–Crippen MR) is 127 cm³/mol. The molecule has 2 aromatic heterocycles. The molecular weight excluding hydrogens is 462 g/mol. The van der Waals surface area contributed by atoms with Gasteiger partial charge in [0.15, 0.2) is 6.61 Å². The normalized spacial score (nSPS) is 11.9. The Kier molecular flexibility index (Phi) is 6.76. The van der Waals surface area contributed by atoms with Crippen molar-refractivity contribution < 1.29 is 23.8 Å². The number of rotatable bonds is 7. The molecule has 0 aliphatic heterocycles. The van der Waals surface area contributed by atoms with Gasteiger partial charge < -0.3 is 24.9 Å². The smallest absolute Gasteiger partial charge is 0.355 e. The van der Waals surface area contributed by atoms with Gasteiger partial charge in [0.2, 0.25) is 5.91 Å². The fourth-order valence-electron chi connectivity index (χ4n) is 3.36. The molecule has 1 unspecified atom stereocenters. The van der Waals surface area contributed by atoms with Gasteiger partial charge in [-0.25, -0.2) is 4.79 Å². The second-order valence-corrected chi connectivity index (χ2v) is 7.86. The number of ether oxygens (including phenoxy) is 1. The summed E-state index contributed by atoms with van der Waals surface area (Å²) in [6.45, 7) is 0.673. The molecule has 0 bridgehead atoms. The number of pyridine rings is 1. The largest absolute Gasteiger partial charge is 0.484 e. The van der Waals surface area contributed by atoms with Gasteiger partial charge in [0.25, 0.3) is 5.91 Å². The molecule has 34 heavy (non-hydrogen) atoms. The zero-order chi connectivity index (χ0) is 24.2. The first kappa shape index (κ1) is 23.2. The summed E-state index contributed by atoms with van der Waals surface area (Å²) in [5.41, 5.74) is 1.46. The maximum absolute atomic E-state index is 12.5. The Morgan fingerprint density at radius 2 is 2.03 bits per heavy atom. The lowest BCUT2D eigenvalue weighted by Gasteiger charge is -2.17. The van der Waals surface area contributed by atoms with Gasteiger partial charge in [0.1, 0.15) is 22.4 Å². The minimum atomic E-state index is -1.18. The topological polar surface area (TPSA) is 131 Å². The Morgan fingerprint density at radius 3 is 2.82 bits per heavy atom. The molecule has 4 rings (SSSR count). The number of aliphatic hydroxyl groups is 1. The first-order valence-electron chi connectivity index (χ1n) is 10.3. The summed E-state index contributed by atoms with van der Waals surface area (Å²) in [6.07, 6.45) is 1.67. The predicted octanol–water partition coefficient (Wildman–Crippen LogP) is 2.80. The first-order valence-corrected chi connectivity index (χ1v) is 10.6. The number of fused-ring (bicyclic) bond motifs is 2. The Bertz CT molecular complexity index is 1450.